The third-order valence-corrected chi connectivity index (χ3v) is 0. The summed E-state index contributed by atoms with van der Waals surface area (Å²) in [7, 11) is 0. The molecular weight excluding hydrogens is 419 g/mol. The number of rotatable bonds is 0. The molecule has 0 aromatic carbocycles. The van der Waals surface area contributed by atoms with Gasteiger partial charge in [-0.05, 0) is 30.8 Å². The Morgan fingerprint density at radius 1 is 0.360 bits per heavy atom. The maximum absolute atomic E-state index is 8.33. The van der Waals surface area contributed by atoms with Crippen LogP contribution in [-0.2, 0) is 0 Å². The van der Waals surface area contributed by atoms with Crippen LogP contribution in [-0.4, -0.2) is 117 Å². The Bertz CT molecular complexity index is 221. The first-order chi connectivity index (χ1) is 8.66. The second-order valence-electron chi connectivity index (χ2n) is 1.25. The minimum absolute atomic E-state index is 0. The number of carbonyl (C=O) groups excluding carboxylic acids is 5. The van der Waals surface area contributed by atoms with Crippen LogP contribution in [0.25, 0.3) is 0 Å². The molecule has 0 aliphatic heterocycles. The van der Waals surface area contributed by atoms with Crippen LogP contribution in [0, 0.1) is 0 Å². The van der Waals surface area contributed by atoms with Gasteiger partial charge < -0.3 is 80.5 Å². The molecule has 0 bridgehead atoms. The third-order valence-electron chi connectivity index (χ3n) is 0. The molecule has 25 heavy (non-hydrogen) atoms. The van der Waals surface area contributed by atoms with E-state index in [0.717, 1.165) is 0 Å². The maximum Gasteiger partial charge on any atom is 3.00 e. The first kappa shape index (κ1) is 64.9. The molecule has 0 aliphatic carbocycles. The molecule has 0 heterocycles. The molecule has 16 nitrogen and oxygen atoms in total. The molecule has 0 aromatic heterocycles. The van der Waals surface area contributed by atoms with Gasteiger partial charge in [-0.25, -0.2) is 0 Å². The van der Waals surface area contributed by atoms with Gasteiger partial charge in [0.05, 0.1) is 0 Å². The van der Waals surface area contributed by atoms with Gasteiger partial charge in [0, 0.05) is 0 Å². The zero-order valence-electron chi connectivity index (χ0n) is 11.7. The fourth-order valence-electron chi connectivity index (χ4n) is 0. The van der Waals surface area contributed by atoms with Crippen LogP contribution in [0.15, 0.2) is 0 Å². The van der Waals surface area contributed by atoms with Gasteiger partial charge in [-0.3, -0.25) is 0 Å². The summed E-state index contributed by atoms with van der Waals surface area (Å²) in [6.45, 7) is 0. The summed E-state index contributed by atoms with van der Waals surface area (Å²) in [6.07, 6.45) is -11.7. The monoisotopic (exact) mass is 420 g/mol. The van der Waals surface area contributed by atoms with E-state index in [4.69, 9.17) is 75.0 Å². The van der Waals surface area contributed by atoms with E-state index in [1.807, 2.05) is 0 Å². The van der Waals surface area contributed by atoms with Crippen molar-refractivity contribution in [2.75, 3.05) is 0 Å². The number of hydrogen-bond donors (Lipinski definition) is 0. The Morgan fingerprint density at radius 3 is 0.360 bits per heavy atom. The average molecular weight is 421 g/mol. The molecule has 0 amide bonds. The fourth-order valence-corrected chi connectivity index (χ4v) is 0. The van der Waals surface area contributed by atoms with Crippen LogP contribution in [0.4, 0.5) is 24.0 Å². The smallest absolute Gasteiger partial charge is 0.652 e. The van der Waals surface area contributed by atoms with Crippen molar-refractivity contribution in [3.8, 4) is 0 Å². The Labute approximate surface area is 191 Å². The largest absolute Gasteiger partial charge is 3.00 e. The van der Waals surface area contributed by atoms with E-state index < -0.39 is 30.8 Å². The predicted octanol–water partition coefficient (Wildman–Crippen LogP) is -14.6. The summed E-state index contributed by atoms with van der Waals surface area (Å²) < 4.78 is 0. The molecule has 0 aromatic rings. The van der Waals surface area contributed by atoms with Gasteiger partial charge in [-0.15, -0.1) is 0 Å². The van der Waals surface area contributed by atoms with Gasteiger partial charge in [-0.2, -0.15) is 0 Å². The van der Waals surface area contributed by atoms with E-state index in [9.17, 15) is 0 Å². The van der Waals surface area contributed by atoms with Gasteiger partial charge in [0.15, 0.2) is 0 Å². The van der Waals surface area contributed by atoms with Gasteiger partial charge >= 0.3 is 80.8 Å². The molecular formula is C5H2Al2Mg2O16. The van der Waals surface area contributed by atoms with Gasteiger partial charge in [-0.1, -0.05) is 0 Å². The second kappa shape index (κ2) is 56.8. The Kier molecular flexibility index (Phi) is 147. The van der Waals surface area contributed by atoms with Gasteiger partial charge in [0.1, 0.15) is 0 Å². The minimum Gasteiger partial charge on any atom is -0.652 e. The van der Waals surface area contributed by atoms with E-state index in [2.05, 4.69) is 0 Å². The predicted molar refractivity (Wildman–Crippen MR) is 53.6 cm³/mol. The molecule has 0 atom stereocenters. The van der Waals surface area contributed by atoms with Crippen LogP contribution < -0.4 is 51.1 Å². The summed E-state index contributed by atoms with van der Waals surface area (Å²) in [5.41, 5.74) is 0. The normalized spacial score (nSPS) is 4.80. The van der Waals surface area contributed by atoms with Crippen molar-refractivity contribution in [2.24, 2.45) is 0 Å². The van der Waals surface area contributed by atoms with E-state index >= 15 is 0 Å². The molecule has 128 valence electrons. The van der Waals surface area contributed by atoms with Crippen LogP contribution in [0.5, 0.6) is 0 Å². The molecule has 20 heteroatoms. The SMILES string of the molecule is O.O=C([O-])[O-].O=C([O-])[O-].O=C([O-])[O-].O=C([O-])[O-].O=C([O-])[O-].[Al+3].[Al+3].[Mg+2].[Mg+2]. The minimum atomic E-state index is -2.33. The van der Waals surface area contributed by atoms with Crippen LogP contribution in [0.1, 0.15) is 0 Å². The van der Waals surface area contributed by atoms with E-state index in [1.54, 1.807) is 0 Å². The summed E-state index contributed by atoms with van der Waals surface area (Å²) in [5.74, 6) is 0. The molecule has 0 fully saturated rings. The zero-order valence-corrected chi connectivity index (χ0v) is 16.8. The molecule has 0 saturated heterocycles. The van der Waals surface area contributed by atoms with Crippen molar-refractivity contribution < 1.29 is 80.5 Å². The van der Waals surface area contributed by atoms with Crippen molar-refractivity contribution >= 4 is 112 Å². The second-order valence-corrected chi connectivity index (χ2v) is 1.25. The fraction of sp³-hybridized carbons (Fsp3) is 0. The summed E-state index contributed by atoms with van der Waals surface area (Å²) >= 11 is 0. The topological polar surface area (TPSA) is 347 Å². The van der Waals surface area contributed by atoms with Crippen molar-refractivity contribution in [3.63, 3.8) is 0 Å². The molecule has 0 rings (SSSR count). The van der Waals surface area contributed by atoms with Gasteiger partial charge in [0.25, 0.3) is 0 Å². The first-order valence-electron chi connectivity index (χ1n) is 3.06. The van der Waals surface area contributed by atoms with Crippen molar-refractivity contribution in [2.45, 2.75) is 0 Å². The van der Waals surface area contributed by atoms with Gasteiger partial charge in [0.2, 0.25) is 0 Å². The summed E-state index contributed by atoms with van der Waals surface area (Å²) in [4.78, 5) is 41.7. The quantitative estimate of drug-likeness (QED) is 0.328. The summed E-state index contributed by atoms with van der Waals surface area (Å²) in [6, 6.07) is 0. The summed E-state index contributed by atoms with van der Waals surface area (Å²) in [5, 5.41) is 83.3. The van der Waals surface area contributed by atoms with Crippen LogP contribution in [0.3, 0.4) is 0 Å². The van der Waals surface area contributed by atoms with Crippen LogP contribution in [0.2, 0.25) is 0 Å². The molecule has 2 N–H and O–H groups in total. The Hall–Kier alpha value is -1.09. The molecule has 0 saturated carbocycles. The molecule has 0 spiro atoms. The standard InChI is InChI=1S/5CH2O3.2Al.2Mg.H2O/c5*2-1(3)4;;;;;/h5*(H2,2,3,4);;;;;1H2/q;;;;;2*+3;2*+2;/p-10. The molecule has 0 aliphatic rings. The van der Waals surface area contributed by atoms with E-state index in [1.165, 1.54) is 0 Å². The molecule has 0 radical (unpaired) electrons. The third kappa shape index (κ3) is 8390. The van der Waals surface area contributed by atoms with Crippen LogP contribution >= 0.6 is 0 Å². The first-order valence-corrected chi connectivity index (χ1v) is 3.06. The average Bonchev–Trinajstić information content (AvgIpc) is 1.94. The Balaban J connectivity index is -0.0000000134. The zero-order chi connectivity index (χ0) is 17.9. The van der Waals surface area contributed by atoms with E-state index in [0.29, 0.717) is 0 Å². The van der Waals surface area contributed by atoms with Crippen molar-refractivity contribution in [1.82, 2.24) is 0 Å². The van der Waals surface area contributed by atoms with Crippen molar-refractivity contribution in [3.05, 3.63) is 0 Å². The van der Waals surface area contributed by atoms with E-state index in [-0.39, 0.29) is 86.3 Å². The Morgan fingerprint density at radius 2 is 0.360 bits per heavy atom. The van der Waals surface area contributed by atoms with Crippen molar-refractivity contribution in [1.29, 1.82) is 0 Å². The molecule has 0 unspecified atom stereocenters. The number of hydrogen-bond acceptors (Lipinski definition) is 15. The number of carbonyl (C=O) groups is 5. The number of carboxylic acid groups (broad SMARTS) is 10. The maximum atomic E-state index is 8.33.